The lowest BCUT2D eigenvalue weighted by atomic mass is 10.2. The quantitative estimate of drug-likeness (QED) is 0.674. The van der Waals surface area contributed by atoms with Crippen LogP contribution in [-0.4, -0.2) is 28.6 Å². The molecule has 17 heavy (non-hydrogen) atoms. The number of nitrogens with zero attached hydrogens (tertiary/aromatic N) is 1. The highest BCUT2D eigenvalue weighted by Gasteiger charge is 2.03. The number of urea groups is 1. The average molecular weight is 237 g/mol. The minimum absolute atomic E-state index is 0.0502. The van der Waals surface area contributed by atoms with Crippen molar-refractivity contribution in [1.29, 1.82) is 0 Å². The standard InChI is InChI=1S/C11H15N3O3/c1-8-7-12-6-4-9(8)14-11(17)13-5-2-3-10(15)16/h4,6-7H,2-3,5H2,1H3,(H,15,16)(H2,12,13,14,17). The summed E-state index contributed by atoms with van der Waals surface area (Å²) in [6.45, 7) is 2.18. The molecule has 0 radical (unpaired) electrons. The maximum atomic E-state index is 11.4. The molecule has 6 nitrogen and oxygen atoms in total. The molecule has 0 atom stereocenters. The van der Waals surface area contributed by atoms with Crippen LogP contribution in [0.3, 0.4) is 0 Å². The van der Waals surface area contributed by atoms with Crippen LogP contribution in [0, 0.1) is 6.92 Å². The van der Waals surface area contributed by atoms with Crippen molar-refractivity contribution in [3.8, 4) is 0 Å². The Hall–Kier alpha value is -2.11. The van der Waals surface area contributed by atoms with Crippen LogP contribution in [0.2, 0.25) is 0 Å². The molecular formula is C11H15N3O3. The number of aliphatic carboxylic acids is 1. The van der Waals surface area contributed by atoms with E-state index in [2.05, 4.69) is 15.6 Å². The van der Waals surface area contributed by atoms with E-state index in [1.807, 2.05) is 6.92 Å². The Kier molecular flexibility index (Phi) is 4.93. The smallest absolute Gasteiger partial charge is 0.319 e. The summed E-state index contributed by atoms with van der Waals surface area (Å²) < 4.78 is 0. The van der Waals surface area contributed by atoms with Gasteiger partial charge in [0.05, 0.1) is 0 Å². The summed E-state index contributed by atoms with van der Waals surface area (Å²) in [5.74, 6) is -0.864. The summed E-state index contributed by atoms with van der Waals surface area (Å²) in [7, 11) is 0. The van der Waals surface area contributed by atoms with Gasteiger partial charge in [-0.2, -0.15) is 0 Å². The monoisotopic (exact) mass is 237 g/mol. The number of rotatable bonds is 5. The van der Waals surface area contributed by atoms with Crippen molar-refractivity contribution >= 4 is 17.7 Å². The minimum atomic E-state index is -0.864. The lowest BCUT2D eigenvalue weighted by Gasteiger charge is -2.08. The first kappa shape index (κ1) is 13.0. The Morgan fingerprint density at radius 2 is 2.24 bits per heavy atom. The van der Waals surface area contributed by atoms with Crippen molar-refractivity contribution in [2.45, 2.75) is 19.8 Å². The van der Waals surface area contributed by atoms with Gasteiger partial charge in [-0.1, -0.05) is 0 Å². The van der Waals surface area contributed by atoms with Crippen LogP contribution in [0.25, 0.3) is 0 Å². The first-order valence-corrected chi connectivity index (χ1v) is 5.27. The number of carbonyl (C=O) groups excluding carboxylic acids is 1. The summed E-state index contributed by atoms with van der Waals surface area (Å²) in [6, 6.07) is 1.36. The summed E-state index contributed by atoms with van der Waals surface area (Å²) in [6.07, 6.45) is 3.71. The van der Waals surface area contributed by atoms with Gasteiger partial charge in [0.1, 0.15) is 0 Å². The van der Waals surface area contributed by atoms with Crippen LogP contribution in [-0.2, 0) is 4.79 Å². The van der Waals surface area contributed by atoms with Gasteiger partial charge in [0.25, 0.3) is 0 Å². The largest absolute Gasteiger partial charge is 0.481 e. The Balaban J connectivity index is 2.30. The molecule has 1 aromatic heterocycles. The molecule has 0 unspecified atom stereocenters. The van der Waals surface area contributed by atoms with Crippen LogP contribution >= 0.6 is 0 Å². The molecule has 6 heteroatoms. The maximum absolute atomic E-state index is 11.4. The van der Waals surface area contributed by atoms with E-state index >= 15 is 0 Å². The molecule has 1 rings (SSSR count). The van der Waals surface area contributed by atoms with Gasteiger partial charge in [-0.25, -0.2) is 4.79 Å². The van der Waals surface area contributed by atoms with Gasteiger partial charge in [0.2, 0.25) is 0 Å². The number of hydrogen-bond acceptors (Lipinski definition) is 3. The predicted molar refractivity (Wildman–Crippen MR) is 62.9 cm³/mol. The Morgan fingerprint density at radius 1 is 1.47 bits per heavy atom. The van der Waals surface area contributed by atoms with Gasteiger partial charge in [-0.15, -0.1) is 0 Å². The molecule has 0 saturated carbocycles. The second-order valence-corrected chi connectivity index (χ2v) is 3.57. The number of hydrogen-bond donors (Lipinski definition) is 3. The molecule has 1 aromatic rings. The first-order chi connectivity index (χ1) is 8.09. The molecule has 0 spiro atoms. The summed E-state index contributed by atoms with van der Waals surface area (Å²) in [4.78, 5) is 25.6. The molecule has 1 heterocycles. The van der Waals surface area contributed by atoms with E-state index in [1.165, 1.54) is 0 Å². The summed E-state index contributed by atoms with van der Waals surface area (Å²) in [5, 5.41) is 13.7. The molecular weight excluding hydrogens is 222 g/mol. The number of anilines is 1. The zero-order chi connectivity index (χ0) is 12.7. The number of aryl methyl sites for hydroxylation is 1. The maximum Gasteiger partial charge on any atom is 0.319 e. The molecule has 3 N–H and O–H groups in total. The number of amides is 2. The van der Waals surface area contributed by atoms with E-state index in [-0.39, 0.29) is 12.5 Å². The summed E-state index contributed by atoms with van der Waals surface area (Å²) in [5.41, 5.74) is 1.56. The van der Waals surface area contributed by atoms with Gasteiger partial charge in [-0.05, 0) is 25.0 Å². The van der Waals surface area contributed by atoms with Crippen LogP contribution in [0.5, 0.6) is 0 Å². The van der Waals surface area contributed by atoms with Crippen LogP contribution in [0.15, 0.2) is 18.5 Å². The number of aromatic nitrogens is 1. The molecule has 0 aliphatic carbocycles. The fourth-order valence-corrected chi connectivity index (χ4v) is 1.22. The van der Waals surface area contributed by atoms with Gasteiger partial charge in [-0.3, -0.25) is 9.78 Å². The average Bonchev–Trinajstić information content (AvgIpc) is 2.27. The molecule has 0 fully saturated rings. The van der Waals surface area contributed by atoms with Gasteiger partial charge < -0.3 is 15.7 Å². The van der Waals surface area contributed by atoms with Crippen LogP contribution < -0.4 is 10.6 Å². The Morgan fingerprint density at radius 3 is 2.88 bits per heavy atom. The summed E-state index contributed by atoms with van der Waals surface area (Å²) >= 11 is 0. The SMILES string of the molecule is Cc1cnccc1NC(=O)NCCCC(=O)O. The molecule has 0 bridgehead atoms. The Labute approximate surface area is 99.1 Å². The molecule has 0 saturated heterocycles. The third-order valence-corrected chi connectivity index (χ3v) is 2.12. The van der Waals surface area contributed by atoms with Gasteiger partial charge in [0.15, 0.2) is 0 Å². The molecule has 0 aliphatic heterocycles. The van der Waals surface area contributed by atoms with Crippen molar-refractivity contribution < 1.29 is 14.7 Å². The third-order valence-electron chi connectivity index (χ3n) is 2.12. The van der Waals surface area contributed by atoms with Crippen molar-refractivity contribution in [2.24, 2.45) is 0 Å². The first-order valence-electron chi connectivity index (χ1n) is 5.27. The molecule has 0 aromatic carbocycles. The topological polar surface area (TPSA) is 91.3 Å². The predicted octanol–water partition coefficient (Wildman–Crippen LogP) is 1.38. The fraction of sp³-hybridized carbons (Fsp3) is 0.364. The highest BCUT2D eigenvalue weighted by Crippen LogP contribution is 2.10. The number of carbonyl (C=O) groups is 2. The fourth-order valence-electron chi connectivity index (χ4n) is 1.22. The van der Waals surface area contributed by atoms with Crippen molar-refractivity contribution in [1.82, 2.24) is 10.3 Å². The van der Waals surface area contributed by atoms with Crippen molar-refractivity contribution in [2.75, 3.05) is 11.9 Å². The number of nitrogens with one attached hydrogen (secondary N) is 2. The molecule has 2 amide bonds. The number of carboxylic acids is 1. The normalized spacial score (nSPS) is 9.71. The van der Waals surface area contributed by atoms with E-state index in [1.54, 1.807) is 18.5 Å². The third kappa shape index (κ3) is 4.96. The van der Waals surface area contributed by atoms with E-state index in [9.17, 15) is 9.59 Å². The van der Waals surface area contributed by atoms with Crippen LogP contribution in [0.4, 0.5) is 10.5 Å². The van der Waals surface area contributed by atoms with E-state index in [4.69, 9.17) is 5.11 Å². The Bertz CT molecular complexity index is 407. The highest BCUT2D eigenvalue weighted by atomic mass is 16.4. The van der Waals surface area contributed by atoms with E-state index < -0.39 is 5.97 Å². The number of pyridine rings is 1. The zero-order valence-electron chi connectivity index (χ0n) is 9.56. The second-order valence-electron chi connectivity index (χ2n) is 3.57. The van der Waals surface area contributed by atoms with Crippen molar-refractivity contribution in [3.05, 3.63) is 24.0 Å². The lowest BCUT2D eigenvalue weighted by molar-refractivity contribution is -0.137. The van der Waals surface area contributed by atoms with Gasteiger partial charge in [0, 0.05) is 31.0 Å². The zero-order valence-corrected chi connectivity index (χ0v) is 9.56. The molecule has 92 valence electrons. The van der Waals surface area contributed by atoms with Crippen LogP contribution in [0.1, 0.15) is 18.4 Å². The van der Waals surface area contributed by atoms with E-state index in [0.29, 0.717) is 18.7 Å². The lowest BCUT2D eigenvalue weighted by Crippen LogP contribution is -2.30. The van der Waals surface area contributed by atoms with E-state index in [0.717, 1.165) is 5.56 Å². The van der Waals surface area contributed by atoms with Gasteiger partial charge >= 0.3 is 12.0 Å². The minimum Gasteiger partial charge on any atom is -0.481 e. The number of carboxylic acid groups (broad SMARTS) is 1. The molecule has 0 aliphatic rings. The highest BCUT2D eigenvalue weighted by molar-refractivity contribution is 5.89. The second kappa shape index (κ2) is 6.47. The van der Waals surface area contributed by atoms with Crippen molar-refractivity contribution in [3.63, 3.8) is 0 Å².